The molecule has 0 spiro atoms. The number of hydrogen-bond donors (Lipinski definition) is 2. The Bertz CT molecular complexity index is 1630. The average molecular weight is 553 g/mol. The summed E-state index contributed by atoms with van der Waals surface area (Å²) in [5.41, 5.74) is 4.92. The van der Waals surface area contributed by atoms with Crippen LogP contribution in [0.4, 0.5) is 11.4 Å². The molecule has 0 amide bonds. The second-order valence-corrected chi connectivity index (χ2v) is 11.9. The molecule has 0 bridgehead atoms. The number of rotatable bonds is 8. The molecule has 0 radical (unpaired) electrons. The number of aromatic nitrogens is 1. The number of hydrogen-bond acceptors (Lipinski definition) is 6. The van der Waals surface area contributed by atoms with Gasteiger partial charge in [0.25, 0.3) is 0 Å². The minimum Gasteiger partial charge on any atom is -0.494 e. The van der Waals surface area contributed by atoms with E-state index in [0.29, 0.717) is 52.9 Å². The van der Waals surface area contributed by atoms with Crippen LogP contribution in [-0.4, -0.2) is 69.2 Å². The molecule has 0 atom stereocenters. The molecule has 1 aliphatic rings. The van der Waals surface area contributed by atoms with Gasteiger partial charge in [0.2, 0.25) is 10.0 Å². The number of nitrogens with zero attached hydrogens (tertiary/aromatic N) is 3. The van der Waals surface area contributed by atoms with Crippen molar-refractivity contribution in [1.82, 2.24) is 9.88 Å². The molecule has 10 heteroatoms. The molecule has 0 aliphatic carbocycles. The molecule has 1 aromatic heterocycles. The van der Waals surface area contributed by atoms with Crippen LogP contribution in [0.5, 0.6) is 11.6 Å². The normalized spacial score (nSPS) is 13.7. The van der Waals surface area contributed by atoms with E-state index in [1.807, 2.05) is 43.3 Å². The number of nitrogens with one attached hydrogen (secondary N) is 1. The highest BCUT2D eigenvalue weighted by Crippen LogP contribution is 2.35. The van der Waals surface area contributed by atoms with E-state index in [1.54, 1.807) is 36.4 Å². The smallest absolute Gasteiger partial charge is 0.232 e. The lowest BCUT2D eigenvalue weighted by Gasteiger charge is -2.24. The summed E-state index contributed by atoms with van der Waals surface area (Å²) in [6, 6.07) is 18.3. The minimum absolute atomic E-state index is 0.0127. The Morgan fingerprint density at radius 1 is 1.08 bits per heavy atom. The zero-order valence-electron chi connectivity index (χ0n) is 21.4. The van der Waals surface area contributed by atoms with E-state index in [0.717, 1.165) is 28.7 Å². The number of fused-ring (bicyclic) bond motifs is 2. The predicted octanol–water partition coefficient (Wildman–Crippen LogP) is 4.96. The summed E-state index contributed by atoms with van der Waals surface area (Å²) in [5, 5.41) is 12.3. The van der Waals surface area contributed by atoms with E-state index in [4.69, 9.17) is 21.3 Å². The standard InChI is InChI=1S/C28H29ClN4O4S/c1-32(2)13-14-33(38(3,35)36)22-8-6-21(7-9-22)30-27(19-4-11-25-18(16-19)12-15-37-25)26-23-10-5-20(29)17-24(23)31-28(26)34/h4-11,16-17,31,34H,12-15H2,1-3H3. The highest BCUT2D eigenvalue weighted by Gasteiger charge is 2.22. The quantitative estimate of drug-likeness (QED) is 0.301. The topological polar surface area (TPSA) is 98.2 Å². The van der Waals surface area contributed by atoms with Crippen molar-refractivity contribution in [1.29, 1.82) is 0 Å². The summed E-state index contributed by atoms with van der Waals surface area (Å²) in [6.07, 6.45) is 2.01. The Morgan fingerprint density at radius 3 is 2.55 bits per heavy atom. The summed E-state index contributed by atoms with van der Waals surface area (Å²) in [4.78, 5) is 9.90. The zero-order valence-corrected chi connectivity index (χ0v) is 23.0. The predicted molar refractivity (Wildman–Crippen MR) is 153 cm³/mol. The number of H-pyrrole nitrogens is 1. The molecule has 1 aliphatic heterocycles. The number of anilines is 1. The second-order valence-electron chi connectivity index (χ2n) is 9.57. The van der Waals surface area contributed by atoms with Crippen molar-refractivity contribution in [2.45, 2.75) is 6.42 Å². The van der Waals surface area contributed by atoms with Crippen LogP contribution < -0.4 is 9.04 Å². The van der Waals surface area contributed by atoms with Gasteiger partial charge < -0.3 is 19.7 Å². The number of aromatic hydroxyl groups is 1. The van der Waals surface area contributed by atoms with Gasteiger partial charge in [-0.2, -0.15) is 0 Å². The monoisotopic (exact) mass is 552 g/mol. The van der Waals surface area contributed by atoms with Gasteiger partial charge in [-0.1, -0.05) is 17.7 Å². The van der Waals surface area contributed by atoms with E-state index in [2.05, 4.69) is 4.98 Å². The molecule has 4 aromatic rings. The molecule has 38 heavy (non-hydrogen) atoms. The molecule has 2 N–H and O–H groups in total. The molecule has 8 nitrogen and oxygen atoms in total. The number of ether oxygens (including phenoxy) is 1. The maximum absolute atomic E-state index is 12.5. The first-order valence-electron chi connectivity index (χ1n) is 12.2. The van der Waals surface area contributed by atoms with Gasteiger partial charge >= 0.3 is 0 Å². The number of sulfonamides is 1. The molecule has 0 unspecified atom stereocenters. The third kappa shape index (κ3) is 5.36. The fourth-order valence-electron chi connectivity index (χ4n) is 4.59. The zero-order chi connectivity index (χ0) is 27.0. The van der Waals surface area contributed by atoms with Crippen LogP contribution in [0.25, 0.3) is 10.9 Å². The Morgan fingerprint density at radius 2 is 1.84 bits per heavy atom. The van der Waals surface area contributed by atoms with Gasteiger partial charge in [-0.25, -0.2) is 13.4 Å². The van der Waals surface area contributed by atoms with Crippen molar-refractivity contribution >= 4 is 49.6 Å². The highest BCUT2D eigenvalue weighted by atomic mass is 35.5. The van der Waals surface area contributed by atoms with Gasteiger partial charge in [-0.3, -0.25) is 4.31 Å². The van der Waals surface area contributed by atoms with E-state index in [9.17, 15) is 13.5 Å². The number of benzene rings is 3. The van der Waals surface area contributed by atoms with Gasteiger partial charge in [0.15, 0.2) is 5.88 Å². The summed E-state index contributed by atoms with van der Waals surface area (Å²) >= 11 is 6.19. The molecule has 0 saturated heterocycles. The van der Waals surface area contributed by atoms with Crippen LogP contribution in [0.1, 0.15) is 16.7 Å². The van der Waals surface area contributed by atoms with Gasteiger partial charge in [0.1, 0.15) is 5.75 Å². The number of likely N-dealkylation sites (N-methyl/N-ethyl adjacent to an activating group) is 1. The van der Waals surface area contributed by atoms with E-state index in [1.165, 1.54) is 10.6 Å². The van der Waals surface area contributed by atoms with Crippen LogP contribution in [0.3, 0.4) is 0 Å². The first-order chi connectivity index (χ1) is 18.1. The van der Waals surface area contributed by atoms with Crippen LogP contribution >= 0.6 is 11.6 Å². The third-order valence-corrected chi connectivity index (χ3v) is 7.90. The SMILES string of the molecule is CN(C)CCN(c1ccc(N=C(c2ccc3c(c2)CCO3)c2c(O)[nH]c3cc(Cl)ccc23)cc1)S(C)(=O)=O. The lowest BCUT2D eigenvalue weighted by molar-refractivity contribution is 0.357. The Hall–Kier alpha value is -3.53. The second kappa shape index (κ2) is 10.3. The first kappa shape index (κ1) is 26.1. The average Bonchev–Trinajstić information content (AvgIpc) is 3.45. The number of aromatic amines is 1. The largest absolute Gasteiger partial charge is 0.494 e. The first-order valence-corrected chi connectivity index (χ1v) is 14.4. The van der Waals surface area contributed by atoms with E-state index in [-0.39, 0.29) is 5.88 Å². The van der Waals surface area contributed by atoms with E-state index >= 15 is 0 Å². The van der Waals surface area contributed by atoms with Gasteiger partial charge in [-0.05, 0) is 74.3 Å². The molecule has 3 aromatic carbocycles. The van der Waals surface area contributed by atoms with Crippen molar-refractivity contribution < 1.29 is 18.3 Å². The highest BCUT2D eigenvalue weighted by molar-refractivity contribution is 7.92. The Balaban J connectivity index is 1.61. The maximum Gasteiger partial charge on any atom is 0.232 e. The van der Waals surface area contributed by atoms with Crippen LogP contribution in [0.15, 0.2) is 65.7 Å². The van der Waals surface area contributed by atoms with Crippen molar-refractivity contribution in [2.24, 2.45) is 4.99 Å². The molecule has 2 heterocycles. The number of halogens is 1. The Labute approximate surface area is 227 Å². The summed E-state index contributed by atoms with van der Waals surface area (Å²) in [5.74, 6) is 0.840. The lowest BCUT2D eigenvalue weighted by Crippen LogP contribution is -2.35. The van der Waals surface area contributed by atoms with Crippen molar-refractivity contribution in [3.63, 3.8) is 0 Å². The van der Waals surface area contributed by atoms with Crippen LogP contribution in [0, 0.1) is 0 Å². The van der Waals surface area contributed by atoms with Gasteiger partial charge in [0, 0.05) is 35.5 Å². The van der Waals surface area contributed by atoms with Crippen molar-refractivity contribution in [3.05, 3.63) is 82.4 Å². The lowest BCUT2D eigenvalue weighted by atomic mass is 9.98. The summed E-state index contributed by atoms with van der Waals surface area (Å²) in [7, 11) is 0.347. The summed E-state index contributed by atoms with van der Waals surface area (Å²) < 4.78 is 32.0. The molecule has 5 rings (SSSR count). The molecule has 0 saturated carbocycles. The minimum atomic E-state index is -3.46. The summed E-state index contributed by atoms with van der Waals surface area (Å²) in [6.45, 7) is 1.56. The van der Waals surface area contributed by atoms with Crippen LogP contribution in [0.2, 0.25) is 5.02 Å². The fourth-order valence-corrected chi connectivity index (χ4v) is 5.68. The van der Waals surface area contributed by atoms with Crippen molar-refractivity contribution in [2.75, 3.05) is 44.4 Å². The molecule has 0 fully saturated rings. The van der Waals surface area contributed by atoms with Crippen molar-refractivity contribution in [3.8, 4) is 11.6 Å². The van der Waals surface area contributed by atoms with Crippen LogP contribution in [-0.2, 0) is 16.4 Å². The van der Waals surface area contributed by atoms with Gasteiger partial charge in [0.05, 0.1) is 41.0 Å². The molecular formula is C28H29ClN4O4S. The Kier molecular flexibility index (Phi) is 7.09. The molecule has 198 valence electrons. The number of aliphatic imine (C=N–C) groups is 1. The maximum atomic E-state index is 12.5. The van der Waals surface area contributed by atoms with E-state index < -0.39 is 10.0 Å². The van der Waals surface area contributed by atoms with Gasteiger partial charge in [-0.15, -0.1) is 0 Å². The third-order valence-electron chi connectivity index (χ3n) is 6.47. The molecular weight excluding hydrogens is 524 g/mol. The fraction of sp³-hybridized carbons (Fsp3) is 0.250.